The van der Waals surface area contributed by atoms with Crippen molar-refractivity contribution >= 4 is 11.6 Å². The van der Waals surface area contributed by atoms with Crippen LogP contribution in [0.3, 0.4) is 0 Å². The molecule has 2 aromatic rings. The van der Waals surface area contributed by atoms with Gasteiger partial charge in [0.05, 0.1) is 0 Å². The number of amides is 1. The molecule has 156 valence electrons. The molecule has 1 amide bonds. The lowest BCUT2D eigenvalue weighted by atomic mass is 9.95. The molecule has 0 atom stereocenters. The van der Waals surface area contributed by atoms with Crippen molar-refractivity contribution in [3.8, 4) is 0 Å². The van der Waals surface area contributed by atoms with Crippen LogP contribution in [-0.2, 0) is 11.8 Å². The Morgan fingerprint density at radius 1 is 1.10 bits per heavy atom. The number of piperidine rings is 1. The van der Waals surface area contributed by atoms with Crippen molar-refractivity contribution in [1.29, 1.82) is 0 Å². The fraction of sp³-hybridized carbons (Fsp3) is 0.591. The number of rotatable bonds is 5. The molecule has 1 aromatic carbocycles. The van der Waals surface area contributed by atoms with Gasteiger partial charge in [-0.15, -0.1) is 10.2 Å². The fourth-order valence-corrected chi connectivity index (χ4v) is 4.52. The summed E-state index contributed by atoms with van der Waals surface area (Å²) in [5.41, 5.74) is 2.62. The minimum Gasteiger partial charge on any atom is -0.369 e. The van der Waals surface area contributed by atoms with Gasteiger partial charge in [-0.2, -0.15) is 0 Å². The zero-order valence-electron chi connectivity index (χ0n) is 17.6. The molecule has 29 heavy (non-hydrogen) atoms. The average molecular weight is 397 g/mol. The van der Waals surface area contributed by atoms with E-state index in [9.17, 15) is 4.79 Å². The standard InChI is InChI=1S/C22H32N6O/c1-18-4-3-5-20(16-18)27-14-12-26(13-15-27)9-8-21(29)28-10-6-19(7-11-28)22-24-23-17-25(22)2/h3-5,16-17,19H,6-15H2,1-2H3. The number of anilines is 1. The van der Waals surface area contributed by atoms with Gasteiger partial charge < -0.3 is 14.4 Å². The lowest BCUT2D eigenvalue weighted by molar-refractivity contribution is -0.132. The molecular weight excluding hydrogens is 364 g/mol. The summed E-state index contributed by atoms with van der Waals surface area (Å²) >= 11 is 0. The van der Waals surface area contributed by atoms with E-state index in [0.717, 1.165) is 64.5 Å². The Labute approximate surface area is 173 Å². The monoisotopic (exact) mass is 396 g/mol. The van der Waals surface area contributed by atoms with Gasteiger partial charge in [-0.25, -0.2) is 0 Å². The largest absolute Gasteiger partial charge is 0.369 e. The lowest BCUT2D eigenvalue weighted by Gasteiger charge is -2.37. The van der Waals surface area contributed by atoms with Gasteiger partial charge in [0.1, 0.15) is 12.2 Å². The summed E-state index contributed by atoms with van der Waals surface area (Å²) in [6.07, 6.45) is 4.34. The number of carbonyl (C=O) groups excluding carboxylic acids is 1. The van der Waals surface area contributed by atoms with Gasteiger partial charge in [-0.3, -0.25) is 9.69 Å². The lowest BCUT2D eigenvalue weighted by Crippen LogP contribution is -2.47. The van der Waals surface area contributed by atoms with Crippen LogP contribution in [0.2, 0.25) is 0 Å². The van der Waals surface area contributed by atoms with Crippen LogP contribution in [0.4, 0.5) is 5.69 Å². The van der Waals surface area contributed by atoms with Gasteiger partial charge in [0.25, 0.3) is 0 Å². The molecule has 2 aliphatic rings. The predicted octanol–water partition coefficient (Wildman–Crippen LogP) is 2.04. The second kappa shape index (κ2) is 8.95. The number of likely N-dealkylation sites (tertiary alicyclic amines) is 1. The van der Waals surface area contributed by atoms with E-state index in [0.29, 0.717) is 18.2 Å². The Morgan fingerprint density at radius 3 is 2.52 bits per heavy atom. The Balaban J connectivity index is 1.18. The van der Waals surface area contributed by atoms with Crippen LogP contribution in [0.5, 0.6) is 0 Å². The first-order valence-corrected chi connectivity index (χ1v) is 10.8. The van der Waals surface area contributed by atoms with Crippen molar-refractivity contribution in [1.82, 2.24) is 24.6 Å². The minimum atomic E-state index is 0.294. The van der Waals surface area contributed by atoms with Gasteiger partial charge in [0, 0.05) is 70.9 Å². The maximum absolute atomic E-state index is 12.7. The smallest absolute Gasteiger partial charge is 0.223 e. The fourth-order valence-electron chi connectivity index (χ4n) is 4.52. The molecule has 0 aliphatic carbocycles. The van der Waals surface area contributed by atoms with Crippen molar-refractivity contribution in [2.45, 2.75) is 32.1 Å². The van der Waals surface area contributed by atoms with E-state index in [1.54, 1.807) is 6.33 Å². The molecule has 2 saturated heterocycles. The highest BCUT2D eigenvalue weighted by molar-refractivity contribution is 5.76. The van der Waals surface area contributed by atoms with E-state index in [1.165, 1.54) is 11.3 Å². The molecule has 2 fully saturated rings. The molecule has 0 spiro atoms. The van der Waals surface area contributed by atoms with E-state index in [2.05, 4.69) is 51.2 Å². The second-order valence-corrected chi connectivity index (χ2v) is 8.37. The third kappa shape index (κ3) is 4.78. The van der Waals surface area contributed by atoms with Crippen LogP contribution in [0.1, 0.15) is 36.6 Å². The Kier molecular flexibility index (Phi) is 6.13. The second-order valence-electron chi connectivity index (χ2n) is 8.37. The summed E-state index contributed by atoms with van der Waals surface area (Å²) in [5.74, 6) is 1.76. The quantitative estimate of drug-likeness (QED) is 0.774. The molecule has 0 radical (unpaired) electrons. The van der Waals surface area contributed by atoms with E-state index in [1.807, 2.05) is 16.5 Å². The number of piperazine rings is 1. The minimum absolute atomic E-state index is 0.294. The van der Waals surface area contributed by atoms with Crippen molar-refractivity contribution in [3.63, 3.8) is 0 Å². The topological polar surface area (TPSA) is 57.5 Å². The zero-order valence-corrected chi connectivity index (χ0v) is 17.6. The highest BCUT2D eigenvalue weighted by Gasteiger charge is 2.26. The van der Waals surface area contributed by atoms with E-state index < -0.39 is 0 Å². The molecule has 0 bridgehead atoms. The van der Waals surface area contributed by atoms with Crippen LogP contribution < -0.4 is 4.90 Å². The summed E-state index contributed by atoms with van der Waals surface area (Å²) in [4.78, 5) is 19.6. The third-order valence-corrected chi connectivity index (χ3v) is 6.34. The summed E-state index contributed by atoms with van der Waals surface area (Å²) in [6, 6.07) is 8.71. The molecule has 0 N–H and O–H groups in total. The average Bonchev–Trinajstić information content (AvgIpc) is 3.18. The van der Waals surface area contributed by atoms with Crippen LogP contribution in [0.25, 0.3) is 0 Å². The molecule has 7 heteroatoms. The highest BCUT2D eigenvalue weighted by atomic mass is 16.2. The summed E-state index contributed by atoms with van der Waals surface area (Å²) < 4.78 is 2.00. The Morgan fingerprint density at radius 2 is 1.86 bits per heavy atom. The summed E-state index contributed by atoms with van der Waals surface area (Å²) in [6.45, 7) is 8.77. The molecular formula is C22H32N6O. The van der Waals surface area contributed by atoms with Crippen LogP contribution in [0.15, 0.2) is 30.6 Å². The molecule has 0 saturated carbocycles. The number of hydrogen-bond acceptors (Lipinski definition) is 5. The van der Waals surface area contributed by atoms with Gasteiger partial charge in [0.2, 0.25) is 5.91 Å². The summed E-state index contributed by atoms with van der Waals surface area (Å²) in [7, 11) is 1.99. The Bertz CT molecular complexity index is 818. The van der Waals surface area contributed by atoms with Crippen LogP contribution >= 0.6 is 0 Å². The SMILES string of the molecule is Cc1cccc(N2CCN(CCC(=O)N3CCC(c4nncn4C)CC3)CC2)c1. The molecule has 0 unspecified atom stereocenters. The number of nitrogens with zero attached hydrogens (tertiary/aromatic N) is 6. The van der Waals surface area contributed by atoms with Crippen LogP contribution in [0, 0.1) is 6.92 Å². The highest BCUT2D eigenvalue weighted by Crippen LogP contribution is 2.26. The van der Waals surface area contributed by atoms with Crippen molar-refractivity contribution in [2.75, 3.05) is 50.7 Å². The van der Waals surface area contributed by atoms with Gasteiger partial charge in [-0.1, -0.05) is 12.1 Å². The number of aromatic nitrogens is 3. The maximum Gasteiger partial charge on any atom is 0.223 e. The van der Waals surface area contributed by atoms with E-state index in [-0.39, 0.29) is 0 Å². The van der Waals surface area contributed by atoms with Crippen molar-refractivity contribution in [3.05, 3.63) is 42.0 Å². The molecule has 3 heterocycles. The summed E-state index contributed by atoms with van der Waals surface area (Å²) in [5, 5.41) is 8.22. The van der Waals surface area contributed by atoms with Gasteiger partial charge >= 0.3 is 0 Å². The normalized spacial score (nSPS) is 19.0. The first kappa shape index (κ1) is 19.9. The molecule has 1 aromatic heterocycles. The van der Waals surface area contributed by atoms with Crippen molar-refractivity contribution in [2.24, 2.45) is 7.05 Å². The van der Waals surface area contributed by atoms with E-state index in [4.69, 9.17) is 0 Å². The third-order valence-electron chi connectivity index (χ3n) is 6.34. The van der Waals surface area contributed by atoms with Crippen molar-refractivity contribution < 1.29 is 4.79 Å². The number of aryl methyl sites for hydroxylation is 2. The Hall–Kier alpha value is -2.41. The molecule has 2 aliphatic heterocycles. The number of benzene rings is 1. The zero-order chi connectivity index (χ0) is 20.2. The van der Waals surface area contributed by atoms with E-state index >= 15 is 0 Å². The predicted molar refractivity (Wildman–Crippen MR) is 114 cm³/mol. The maximum atomic E-state index is 12.7. The first-order valence-electron chi connectivity index (χ1n) is 10.8. The van der Waals surface area contributed by atoms with Gasteiger partial charge in [-0.05, 0) is 37.5 Å². The number of carbonyl (C=O) groups is 1. The van der Waals surface area contributed by atoms with Gasteiger partial charge in [0.15, 0.2) is 0 Å². The van der Waals surface area contributed by atoms with Crippen LogP contribution in [-0.4, -0.2) is 76.3 Å². The molecule has 7 nitrogen and oxygen atoms in total. The number of hydrogen-bond donors (Lipinski definition) is 0. The molecule has 4 rings (SSSR count). The first-order chi connectivity index (χ1) is 14.1.